The molecule has 0 spiro atoms. The first-order chi connectivity index (χ1) is 22.3. The van der Waals surface area contributed by atoms with Crippen LogP contribution < -0.4 is 21.3 Å². The average molecular weight is 651 g/mol. The SMILES string of the molecule is CNC(=O)CNC(=O)CC(Cc1cccc2ccccc12)C(=O)N[C@@H](Cc1cnc[nH]1)C(=O)N[C@@H](CC(C)C)C(O)(C(=O)O)C(C)C. The zero-order chi connectivity index (χ0) is 34.7. The zero-order valence-electron chi connectivity index (χ0n) is 27.5. The van der Waals surface area contributed by atoms with E-state index in [0.29, 0.717) is 5.69 Å². The van der Waals surface area contributed by atoms with Crippen LogP contribution in [-0.2, 0) is 36.8 Å². The molecule has 0 aliphatic carbocycles. The number of carbonyl (C=O) groups is 5. The number of likely N-dealkylation sites (N-methyl/N-ethyl adjacent to an activating group) is 1. The van der Waals surface area contributed by atoms with Crippen molar-refractivity contribution in [3.8, 4) is 0 Å². The number of aliphatic carboxylic acids is 1. The minimum atomic E-state index is -2.28. The molecule has 0 radical (unpaired) electrons. The van der Waals surface area contributed by atoms with Crippen LogP contribution in [0, 0.1) is 17.8 Å². The predicted molar refractivity (Wildman–Crippen MR) is 176 cm³/mol. The van der Waals surface area contributed by atoms with Crippen molar-refractivity contribution in [2.24, 2.45) is 17.8 Å². The molecule has 0 aliphatic heterocycles. The summed E-state index contributed by atoms with van der Waals surface area (Å²) < 4.78 is 0. The molecule has 1 aromatic heterocycles. The lowest BCUT2D eigenvalue weighted by Gasteiger charge is -2.38. The molecule has 254 valence electrons. The van der Waals surface area contributed by atoms with Gasteiger partial charge in [0.05, 0.1) is 24.8 Å². The number of amides is 4. The largest absolute Gasteiger partial charge is 0.479 e. The Kier molecular flexibility index (Phi) is 13.0. The van der Waals surface area contributed by atoms with Crippen molar-refractivity contribution in [3.63, 3.8) is 0 Å². The Labute approximate surface area is 274 Å². The Hall–Kier alpha value is -4.78. The molecule has 3 aromatic rings. The number of carbonyl (C=O) groups excluding carboxylic acids is 4. The van der Waals surface area contributed by atoms with Gasteiger partial charge in [0.2, 0.25) is 23.6 Å². The third kappa shape index (κ3) is 9.85. The van der Waals surface area contributed by atoms with Crippen LogP contribution in [0.25, 0.3) is 10.8 Å². The molecule has 0 bridgehead atoms. The van der Waals surface area contributed by atoms with Crippen molar-refractivity contribution in [1.82, 2.24) is 31.2 Å². The van der Waals surface area contributed by atoms with Gasteiger partial charge in [-0.2, -0.15) is 0 Å². The number of nitrogens with zero attached hydrogens (tertiary/aromatic N) is 1. The Morgan fingerprint density at radius 3 is 2.23 bits per heavy atom. The van der Waals surface area contributed by atoms with E-state index in [2.05, 4.69) is 31.2 Å². The normalized spacial score (nSPS) is 14.6. The summed E-state index contributed by atoms with van der Waals surface area (Å²) in [5, 5.41) is 33.6. The summed E-state index contributed by atoms with van der Waals surface area (Å²) in [5.41, 5.74) is -0.933. The van der Waals surface area contributed by atoms with Crippen LogP contribution in [0.4, 0.5) is 0 Å². The first kappa shape index (κ1) is 36.7. The van der Waals surface area contributed by atoms with Gasteiger partial charge in [0.1, 0.15) is 6.04 Å². The number of hydrogen-bond donors (Lipinski definition) is 7. The number of imidazole rings is 1. The Morgan fingerprint density at radius 1 is 0.915 bits per heavy atom. The van der Waals surface area contributed by atoms with Gasteiger partial charge in [0.15, 0.2) is 5.60 Å². The molecule has 4 amide bonds. The van der Waals surface area contributed by atoms with Gasteiger partial charge >= 0.3 is 5.97 Å². The van der Waals surface area contributed by atoms with Crippen LogP contribution in [0.1, 0.15) is 51.8 Å². The highest BCUT2D eigenvalue weighted by molar-refractivity contribution is 5.93. The number of carboxylic acids is 1. The monoisotopic (exact) mass is 650 g/mol. The number of hydrogen-bond acceptors (Lipinski definition) is 7. The minimum absolute atomic E-state index is 0.0248. The van der Waals surface area contributed by atoms with Gasteiger partial charge in [-0.25, -0.2) is 9.78 Å². The molecule has 0 saturated carbocycles. The summed E-state index contributed by atoms with van der Waals surface area (Å²) in [5.74, 6) is -5.46. The van der Waals surface area contributed by atoms with Crippen LogP contribution in [-0.4, -0.2) is 81.1 Å². The van der Waals surface area contributed by atoms with Crippen molar-refractivity contribution >= 4 is 40.4 Å². The van der Waals surface area contributed by atoms with Crippen molar-refractivity contribution < 1.29 is 34.2 Å². The first-order valence-electron chi connectivity index (χ1n) is 15.7. The van der Waals surface area contributed by atoms with Crippen molar-refractivity contribution in [2.75, 3.05) is 13.6 Å². The second-order valence-electron chi connectivity index (χ2n) is 12.5. The molecule has 7 N–H and O–H groups in total. The van der Waals surface area contributed by atoms with E-state index >= 15 is 0 Å². The number of aromatic amines is 1. The van der Waals surface area contributed by atoms with Gasteiger partial charge in [-0.1, -0.05) is 70.2 Å². The summed E-state index contributed by atoms with van der Waals surface area (Å²) >= 11 is 0. The van der Waals surface area contributed by atoms with Crippen molar-refractivity contribution in [2.45, 2.75) is 71.1 Å². The van der Waals surface area contributed by atoms with E-state index in [0.717, 1.165) is 16.3 Å². The highest BCUT2D eigenvalue weighted by Crippen LogP contribution is 2.27. The molecular formula is C34H46N6O7. The Balaban J connectivity index is 1.95. The van der Waals surface area contributed by atoms with Crippen LogP contribution in [0.5, 0.6) is 0 Å². The quantitative estimate of drug-likeness (QED) is 0.114. The van der Waals surface area contributed by atoms with E-state index in [1.165, 1.54) is 19.6 Å². The molecule has 47 heavy (non-hydrogen) atoms. The molecule has 0 fully saturated rings. The second-order valence-corrected chi connectivity index (χ2v) is 12.5. The lowest BCUT2D eigenvalue weighted by Crippen LogP contribution is -2.63. The van der Waals surface area contributed by atoms with E-state index < -0.39 is 59.1 Å². The highest BCUT2D eigenvalue weighted by atomic mass is 16.4. The fraction of sp³-hybridized carbons (Fsp3) is 0.471. The number of nitrogens with one attached hydrogen (secondary N) is 5. The van der Waals surface area contributed by atoms with Gasteiger partial charge in [-0.15, -0.1) is 0 Å². The molecule has 0 aliphatic rings. The summed E-state index contributed by atoms with van der Waals surface area (Å²) in [6.07, 6.45) is 2.94. The van der Waals surface area contributed by atoms with E-state index in [4.69, 9.17) is 0 Å². The fourth-order valence-corrected chi connectivity index (χ4v) is 5.56. The van der Waals surface area contributed by atoms with Gasteiger partial charge < -0.3 is 36.5 Å². The topological polar surface area (TPSA) is 203 Å². The average Bonchev–Trinajstić information content (AvgIpc) is 3.55. The van der Waals surface area contributed by atoms with Crippen molar-refractivity contribution in [3.05, 3.63) is 66.2 Å². The summed E-state index contributed by atoms with van der Waals surface area (Å²) in [7, 11) is 1.44. The van der Waals surface area contributed by atoms with Crippen molar-refractivity contribution in [1.29, 1.82) is 0 Å². The molecule has 3 rings (SSSR count). The van der Waals surface area contributed by atoms with E-state index in [9.17, 15) is 34.2 Å². The lowest BCUT2D eigenvalue weighted by molar-refractivity contribution is -0.169. The van der Waals surface area contributed by atoms with Crippen LogP contribution >= 0.6 is 0 Å². The van der Waals surface area contributed by atoms with Crippen LogP contribution in [0.15, 0.2) is 55.0 Å². The van der Waals surface area contributed by atoms with E-state index in [1.807, 2.05) is 56.3 Å². The van der Waals surface area contributed by atoms with Gasteiger partial charge in [-0.3, -0.25) is 19.2 Å². The third-order valence-corrected chi connectivity index (χ3v) is 8.26. The number of aromatic nitrogens is 2. The van der Waals surface area contributed by atoms with Gasteiger partial charge in [0, 0.05) is 31.8 Å². The fourth-order valence-electron chi connectivity index (χ4n) is 5.56. The number of benzene rings is 2. The van der Waals surface area contributed by atoms with E-state index in [1.54, 1.807) is 13.8 Å². The molecule has 2 aromatic carbocycles. The lowest BCUT2D eigenvalue weighted by atomic mass is 9.79. The number of H-pyrrole nitrogens is 1. The van der Waals surface area contributed by atoms with Gasteiger partial charge in [-0.05, 0) is 41.0 Å². The predicted octanol–water partition coefficient (Wildman–Crippen LogP) is 1.70. The molecule has 4 atom stereocenters. The molecule has 13 heteroatoms. The molecule has 2 unspecified atom stereocenters. The number of carboxylic acid groups (broad SMARTS) is 1. The van der Waals surface area contributed by atoms with Gasteiger partial charge in [0.25, 0.3) is 0 Å². The third-order valence-electron chi connectivity index (χ3n) is 8.26. The molecular weight excluding hydrogens is 604 g/mol. The highest BCUT2D eigenvalue weighted by Gasteiger charge is 2.48. The summed E-state index contributed by atoms with van der Waals surface area (Å²) in [6.45, 7) is 6.55. The Morgan fingerprint density at radius 2 is 1.62 bits per heavy atom. The summed E-state index contributed by atoms with van der Waals surface area (Å²) in [4.78, 5) is 71.8. The molecule has 0 saturated heterocycles. The summed E-state index contributed by atoms with van der Waals surface area (Å²) in [6, 6.07) is 10.9. The minimum Gasteiger partial charge on any atom is -0.479 e. The maximum Gasteiger partial charge on any atom is 0.338 e. The van der Waals surface area contributed by atoms with Crippen LogP contribution in [0.2, 0.25) is 0 Å². The zero-order valence-corrected chi connectivity index (χ0v) is 27.5. The first-order valence-corrected chi connectivity index (χ1v) is 15.7. The maximum atomic E-state index is 14.0. The molecule has 1 heterocycles. The number of rotatable bonds is 17. The van der Waals surface area contributed by atoms with E-state index in [-0.39, 0.29) is 38.1 Å². The second kappa shape index (κ2) is 16.7. The van der Waals surface area contributed by atoms with Crippen LogP contribution in [0.3, 0.4) is 0 Å². The Bertz CT molecular complexity index is 1540. The number of aliphatic hydroxyl groups is 1. The maximum absolute atomic E-state index is 14.0. The smallest absolute Gasteiger partial charge is 0.338 e. The number of fused-ring (bicyclic) bond motifs is 1. The molecule has 13 nitrogen and oxygen atoms in total. The standard InChI is InChI=1S/C34H46N6O7/c1-20(2)13-28(34(47,21(3)4)33(45)46)40-32(44)27(16-25-17-36-19-38-25)39-31(43)24(15-29(41)37-18-30(42)35-5)14-23-11-8-10-22-9-6-7-12-26(22)23/h6-12,17,19-21,24,27-28,47H,13-16,18H2,1-5H3,(H,35,42)(H,36,38)(H,37,41)(H,39,43)(H,40,44)(H,45,46)/t24?,27-,28-,34?/m0/s1.